The number of amides is 2. The lowest BCUT2D eigenvalue weighted by atomic mass is 10.0. The molecular formula is C19H11BrCl2FN3O. The molecule has 4 nitrogen and oxygen atoms in total. The van der Waals surface area contributed by atoms with E-state index in [4.69, 9.17) is 23.2 Å². The molecule has 0 radical (unpaired) electrons. The number of nitrogens with zero attached hydrogens (tertiary/aromatic N) is 2. The van der Waals surface area contributed by atoms with Gasteiger partial charge in [0, 0.05) is 17.7 Å². The van der Waals surface area contributed by atoms with Crippen molar-refractivity contribution in [2.24, 2.45) is 0 Å². The third-order valence-electron chi connectivity index (χ3n) is 4.21. The summed E-state index contributed by atoms with van der Waals surface area (Å²) in [4.78, 5) is 18.6. The van der Waals surface area contributed by atoms with Crippen LogP contribution >= 0.6 is 39.1 Å². The maximum absolute atomic E-state index is 13.3. The van der Waals surface area contributed by atoms with Crippen LogP contribution in [0, 0.1) is 5.82 Å². The molecule has 1 aliphatic heterocycles. The van der Waals surface area contributed by atoms with E-state index in [1.54, 1.807) is 36.4 Å². The summed E-state index contributed by atoms with van der Waals surface area (Å²) in [7, 11) is 0. The molecule has 4 rings (SSSR count). The van der Waals surface area contributed by atoms with Gasteiger partial charge >= 0.3 is 6.03 Å². The van der Waals surface area contributed by atoms with Crippen molar-refractivity contribution in [1.29, 1.82) is 0 Å². The SMILES string of the molecule is O=C1NCc2c(cc(Br)nc2-c2ccc(F)cc2)N1c1c(Cl)cccc1Cl. The van der Waals surface area contributed by atoms with Crippen molar-refractivity contribution >= 4 is 56.5 Å². The molecule has 27 heavy (non-hydrogen) atoms. The van der Waals surface area contributed by atoms with E-state index in [9.17, 15) is 9.18 Å². The average molecular weight is 467 g/mol. The first-order valence-electron chi connectivity index (χ1n) is 7.93. The number of carbonyl (C=O) groups is 1. The number of rotatable bonds is 2. The molecule has 1 N–H and O–H groups in total. The largest absolute Gasteiger partial charge is 0.333 e. The van der Waals surface area contributed by atoms with E-state index in [1.165, 1.54) is 17.0 Å². The topological polar surface area (TPSA) is 45.2 Å². The number of benzene rings is 2. The van der Waals surface area contributed by atoms with Crippen molar-refractivity contribution in [3.05, 3.63) is 74.6 Å². The molecule has 136 valence electrons. The average Bonchev–Trinajstić information content (AvgIpc) is 2.63. The minimum absolute atomic E-state index is 0.278. The number of anilines is 2. The first-order valence-corrected chi connectivity index (χ1v) is 9.48. The number of nitrogens with one attached hydrogen (secondary N) is 1. The maximum Gasteiger partial charge on any atom is 0.326 e. The Morgan fingerprint density at radius 3 is 2.44 bits per heavy atom. The van der Waals surface area contributed by atoms with E-state index >= 15 is 0 Å². The lowest BCUT2D eigenvalue weighted by Gasteiger charge is -2.32. The van der Waals surface area contributed by atoms with E-state index < -0.39 is 0 Å². The van der Waals surface area contributed by atoms with Crippen LogP contribution in [0.25, 0.3) is 11.3 Å². The molecule has 2 amide bonds. The van der Waals surface area contributed by atoms with E-state index in [0.29, 0.717) is 31.7 Å². The number of hydrogen-bond donors (Lipinski definition) is 1. The zero-order valence-corrected chi connectivity index (χ0v) is 16.7. The zero-order valence-electron chi connectivity index (χ0n) is 13.6. The number of halogens is 4. The number of aromatic nitrogens is 1. The minimum Gasteiger partial charge on any atom is -0.333 e. The second kappa shape index (κ2) is 7.11. The Bertz CT molecular complexity index is 1040. The number of urea groups is 1. The van der Waals surface area contributed by atoms with Crippen LogP contribution in [0.3, 0.4) is 0 Å². The van der Waals surface area contributed by atoms with Crippen LogP contribution in [0.4, 0.5) is 20.6 Å². The van der Waals surface area contributed by atoms with Gasteiger partial charge in [0.2, 0.25) is 0 Å². The number of carbonyl (C=O) groups excluding carboxylic acids is 1. The molecule has 1 aromatic heterocycles. The molecular weight excluding hydrogens is 456 g/mol. The van der Waals surface area contributed by atoms with E-state index in [1.807, 2.05) is 0 Å². The molecule has 2 heterocycles. The molecule has 0 saturated heterocycles. The van der Waals surface area contributed by atoms with E-state index in [-0.39, 0.29) is 18.4 Å². The molecule has 0 aliphatic carbocycles. The molecule has 0 bridgehead atoms. The van der Waals surface area contributed by atoms with Crippen LogP contribution < -0.4 is 10.2 Å². The van der Waals surface area contributed by atoms with E-state index in [0.717, 1.165) is 11.1 Å². The molecule has 1 aliphatic rings. The van der Waals surface area contributed by atoms with Gasteiger partial charge in [-0.2, -0.15) is 0 Å². The van der Waals surface area contributed by atoms with Crippen LogP contribution in [-0.2, 0) is 6.54 Å². The second-order valence-electron chi connectivity index (χ2n) is 5.86. The summed E-state index contributed by atoms with van der Waals surface area (Å²) in [6.07, 6.45) is 0. The van der Waals surface area contributed by atoms with Crippen LogP contribution in [0.15, 0.2) is 53.1 Å². The van der Waals surface area contributed by atoms with Gasteiger partial charge in [0.1, 0.15) is 10.4 Å². The zero-order chi connectivity index (χ0) is 19.1. The fourth-order valence-electron chi connectivity index (χ4n) is 3.03. The maximum atomic E-state index is 13.3. The number of para-hydroxylation sites is 1. The normalized spacial score (nSPS) is 13.3. The van der Waals surface area contributed by atoms with Crippen molar-refractivity contribution < 1.29 is 9.18 Å². The van der Waals surface area contributed by atoms with Crippen molar-refractivity contribution in [2.75, 3.05) is 4.90 Å². The molecule has 0 unspecified atom stereocenters. The Kier molecular flexibility index (Phi) is 4.80. The highest BCUT2D eigenvalue weighted by Crippen LogP contribution is 2.43. The van der Waals surface area contributed by atoms with E-state index in [2.05, 4.69) is 26.2 Å². The van der Waals surface area contributed by atoms with Gasteiger partial charge in [-0.25, -0.2) is 14.2 Å². The van der Waals surface area contributed by atoms with Crippen LogP contribution in [0.2, 0.25) is 10.0 Å². The quantitative estimate of drug-likeness (QED) is 0.449. The molecule has 3 aromatic rings. The predicted octanol–water partition coefficient (Wildman–Crippen LogP) is 6.32. The Morgan fingerprint density at radius 1 is 1.11 bits per heavy atom. The summed E-state index contributed by atoms with van der Waals surface area (Å²) in [6, 6.07) is 12.5. The lowest BCUT2D eigenvalue weighted by molar-refractivity contribution is 0.247. The van der Waals surface area contributed by atoms with Crippen LogP contribution in [0.1, 0.15) is 5.56 Å². The summed E-state index contributed by atoms with van der Waals surface area (Å²) in [5.41, 5.74) is 3.14. The summed E-state index contributed by atoms with van der Waals surface area (Å²) in [5.74, 6) is -0.333. The van der Waals surface area contributed by atoms with Crippen molar-refractivity contribution in [2.45, 2.75) is 6.54 Å². The van der Waals surface area contributed by atoms with Gasteiger partial charge in [0.25, 0.3) is 0 Å². The van der Waals surface area contributed by atoms with Gasteiger partial charge in [0.15, 0.2) is 0 Å². The monoisotopic (exact) mass is 465 g/mol. The van der Waals surface area contributed by atoms with Gasteiger partial charge in [-0.3, -0.25) is 4.90 Å². The summed E-state index contributed by atoms with van der Waals surface area (Å²) in [5, 5.41) is 3.52. The number of hydrogen-bond acceptors (Lipinski definition) is 2. The highest BCUT2D eigenvalue weighted by atomic mass is 79.9. The Balaban J connectivity index is 1.96. The Labute approximate surface area is 173 Å². The lowest BCUT2D eigenvalue weighted by Crippen LogP contribution is -2.41. The molecule has 0 fully saturated rings. The third-order valence-corrected chi connectivity index (χ3v) is 5.22. The van der Waals surface area contributed by atoms with Crippen LogP contribution in [-0.4, -0.2) is 11.0 Å². The highest BCUT2D eigenvalue weighted by Gasteiger charge is 2.31. The minimum atomic E-state index is -0.347. The van der Waals surface area contributed by atoms with Gasteiger partial charge in [-0.15, -0.1) is 0 Å². The fourth-order valence-corrected chi connectivity index (χ4v) is 3.99. The van der Waals surface area contributed by atoms with Gasteiger partial charge in [-0.1, -0.05) is 29.3 Å². The molecule has 0 atom stereocenters. The summed E-state index contributed by atoms with van der Waals surface area (Å²) in [6.45, 7) is 0.278. The number of pyridine rings is 1. The summed E-state index contributed by atoms with van der Waals surface area (Å²) < 4.78 is 13.9. The van der Waals surface area contributed by atoms with Gasteiger partial charge < -0.3 is 5.32 Å². The molecule has 2 aromatic carbocycles. The number of fused-ring (bicyclic) bond motifs is 1. The van der Waals surface area contributed by atoms with Crippen molar-refractivity contribution in [3.8, 4) is 11.3 Å². The van der Waals surface area contributed by atoms with Crippen LogP contribution in [0.5, 0.6) is 0 Å². The van der Waals surface area contributed by atoms with Crippen molar-refractivity contribution in [3.63, 3.8) is 0 Å². The van der Waals surface area contributed by atoms with Gasteiger partial charge in [-0.05, 0) is 58.4 Å². The second-order valence-corrected chi connectivity index (χ2v) is 7.49. The molecule has 0 saturated carbocycles. The van der Waals surface area contributed by atoms with Crippen molar-refractivity contribution in [1.82, 2.24) is 10.3 Å². The smallest absolute Gasteiger partial charge is 0.326 e. The van der Waals surface area contributed by atoms with Gasteiger partial charge in [0.05, 0.1) is 27.1 Å². The standard InChI is InChI=1S/C19H11BrCl2FN3O/c20-16-8-15-12(17(25-16)10-4-6-11(23)7-5-10)9-24-19(27)26(15)18-13(21)2-1-3-14(18)22/h1-8H,9H2,(H,24,27). The summed E-state index contributed by atoms with van der Waals surface area (Å²) >= 11 is 16.1. The first-order chi connectivity index (χ1) is 13.0. The Morgan fingerprint density at radius 2 is 1.78 bits per heavy atom. The third kappa shape index (κ3) is 3.29. The first kappa shape index (κ1) is 18.2. The predicted molar refractivity (Wildman–Crippen MR) is 108 cm³/mol. The molecule has 8 heteroatoms. The highest BCUT2D eigenvalue weighted by molar-refractivity contribution is 9.10. The Hall–Kier alpha value is -2.15. The molecule has 0 spiro atoms. The fraction of sp³-hybridized carbons (Fsp3) is 0.0526.